The summed E-state index contributed by atoms with van der Waals surface area (Å²) in [5.74, 6) is -0.101. The van der Waals surface area contributed by atoms with Crippen molar-refractivity contribution in [2.24, 2.45) is 0 Å². The lowest BCUT2D eigenvalue weighted by molar-refractivity contribution is 0.537. The molecule has 0 aliphatic carbocycles. The third-order valence-corrected chi connectivity index (χ3v) is 2.42. The molecule has 0 aliphatic rings. The van der Waals surface area contributed by atoms with Crippen LogP contribution < -0.4 is 5.32 Å². The molecule has 0 aromatic heterocycles. The normalized spacial score (nSPS) is 12.9. The summed E-state index contributed by atoms with van der Waals surface area (Å²) >= 11 is 0. The highest BCUT2D eigenvalue weighted by molar-refractivity contribution is 5.34. The fraction of sp³-hybridized carbons (Fsp3) is 0.500. The van der Waals surface area contributed by atoms with E-state index in [1.165, 1.54) is 0 Å². The Bertz CT molecular complexity index is 297. The van der Waals surface area contributed by atoms with Crippen LogP contribution in [-0.2, 0) is 0 Å². The van der Waals surface area contributed by atoms with Crippen LogP contribution in [0.15, 0.2) is 12.1 Å². The minimum Gasteiger partial charge on any atom is -0.310 e. The van der Waals surface area contributed by atoms with Gasteiger partial charge in [0.2, 0.25) is 0 Å². The van der Waals surface area contributed by atoms with E-state index in [0.717, 1.165) is 23.2 Å². The van der Waals surface area contributed by atoms with Crippen molar-refractivity contribution in [3.63, 3.8) is 0 Å². The van der Waals surface area contributed by atoms with Crippen LogP contribution in [-0.4, -0.2) is 6.54 Å². The molecule has 0 saturated carbocycles. The summed E-state index contributed by atoms with van der Waals surface area (Å²) in [7, 11) is 0. The molecular formula is C12H18FN. The smallest absolute Gasteiger partial charge is 0.128 e. The van der Waals surface area contributed by atoms with E-state index in [4.69, 9.17) is 0 Å². The number of nitrogens with one attached hydrogen (secondary N) is 1. The third kappa shape index (κ3) is 2.32. The van der Waals surface area contributed by atoms with Crippen molar-refractivity contribution >= 4 is 0 Å². The van der Waals surface area contributed by atoms with E-state index in [9.17, 15) is 4.39 Å². The van der Waals surface area contributed by atoms with Crippen LogP contribution in [0.3, 0.4) is 0 Å². The molecule has 1 N–H and O–H groups in total. The highest BCUT2D eigenvalue weighted by Gasteiger charge is 2.12. The van der Waals surface area contributed by atoms with E-state index < -0.39 is 0 Å². The molecular weight excluding hydrogens is 177 g/mol. The number of hydrogen-bond acceptors (Lipinski definition) is 1. The van der Waals surface area contributed by atoms with Gasteiger partial charge in [0.25, 0.3) is 0 Å². The van der Waals surface area contributed by atoms with Gasteiger partial charge in [0.05, 0.1) is 0 Å². The second-order valence-corrected chi connectivity index (χ2v) is 3.76. The second kappa shape index (κ2) is 4.56. The molecule has 1 nitrogen and oxygen atoms in total. The first-order chi connectivity index (χ1) is 6.56. The molecule has 0 spiro atoms. The molecule has 1 rings (SSSR count). The summed E-state index contributed by atoms with van der Waals surface area (Å²) < 4.78 is 13.6. The lowest BCUT2D eigenvalue weighted by atomic mass is 9.99. The van der Waals surface area contributed by atoms with Gasteiger partial charge in [-0.1, -0.05) is 13.0 Å². The standard InChI is InChI=1S/C12H18FN/c1-5-14-10(4)12-9(3)6-8(2)7-11(12)13/h6-7,10,14H,5H2,1-4H3. The fourth-order valence-electron chi connectivity index (χ4n) is 1.88. The van der Waals surface area contributed by atoms with Crippen molar-refractivity contribution in [2.45, 2.75) is 33.7 Å². The summed E-state index contributed by atoms with van der Waals surface area (Å²) in [6, 6.07) is 3.70. The lowest BCUT2D eigenvalue weighted by Crippen LogP contribution is -2.19. The van der Waals surface area contributed by atoms with Crippen LogP contribution in [0.2, 0.25) is 0 Å². The van der Waals surface area contributed by atoms with Crippen molar-refractivity contribution in [3.05, 3.63) is 34.6 Å². The summed E-state index contributed by atoms with van der Waals surface area (Å²) in [4.78, 5) is 0. The van der Waals surface area contributed by atoms with Crippen LogP contribution in [0.25, 0.3) is 0 Å². The van der Waals surface area contributed by atoms with Crippen molar-refractivity contribution < 1.29 is 4.39 Å². The number of rotatable bonds is 3. The van der Waals surface area contributed by atoms with Crippen LogP contribution in [0.1, 0.15) is 36.6 Å². The molecule has 0 amide bonds. The van der Waals surface area contributed by atoms with Gasteiger partial charge in [-0.25, -0.2) is 4.39 Å². The summed E-state index contributed by atoms with van der Waals surface area (Å²) in [5, 5.41) is 3.22. The first-order valence-corrected chi connectivity index (χ1v) is 5.06. The number of halogens is 1. The summed E-state index contributed by atoms with van der Waals surface area (Å²) in [6.07, 6.45) is 0. The van der Waals surface area contributed by atoms with E-state index in [-0.39, 0.29) is 11.9 Å². The molecule has 2 heteroatoms. The Morgan fingerprint density at radius 1 is 1.36 bits per heavy atom. The molecule has 0 fully saturated rings. The Morgan fingerprint density at radius 2 is 2.00 bits per heavy atom. The Labute approximate surface area is 85.3 Å². The topological polar surface area (TPSA) is 12.0 Å². The molecule has 0 bridgehead atoms. The maximum absolute atomic E-state index is 13.6. The van der Waals surface area contributed by atoms with Crippen molar-refractivity contribution in [1.29, 1.82) is 0 Å². The zero-order chi connectivity index (χ0) is 10.7. The fourth-order valence-corrected chi connectivity index (χ4v) is 1.88. The SMILES string of the molecule is CCNC(C)c1c(C)cc(C)cc1F. The molecule has 1 unspecified atom stereocenters. The lowest BCUT2D eigenvalue weighted by Gasteiger charge is -2.16. The zero-order valence-electron chi connectivity index (χ0n) is 9.32. The average molecular weight is 195 g/mol. The molecule has 0 saturated heterocycles. The molecule has 0 aliphatic heterocycles. The molecule has 1 aromatic rings. The maximum atomic E-state index is 13.6. The Kier molecular flexibility index (Phi) is 3.64. The van der Waals surface area contributed by atoms with E-state index in [1.807, 2.05) is 33.8 Å². The molecule has 14 heavy (non-hydrogen) atoms. The first kappa shape index (κ1) is 11.2. The Morgan fingerprint density at radius 3 is 2.50 bits per heavy atom. The monoisotopic (exact) mass is 195 g/mol. The molecule has 0 radical (unpaired) electrons. The Hall–Kier alpha value is -0.890. The van der Waals surface area contributed by atoms with Gasteiger partial charge in [0, 0.05) is 11.6 Å². The van der Waals surface area contributed by atoms with Crippen LogP contribution in [0.4, 0.5) is 4.39 Å². The van der Waals surface area contributed by atoms with E-state index in [1.54, 1.807) is 6.07 Å². The van der Waals surface area contributed by atoms with Gasteiger partial charge in [0.15, 0.2) is 0 Å². The predicted molar refractivity (Wildman–Crippen MR) is 58.0 cm³/mol. The van der Waals surface area contributed by atoms with Crippen LogP contribution in [0, 0.1) is 19.7 Å². The number of hydrogen-bond donors (Lipinski definition) is 1. The maximum Gasteiger partial charge on any atom is 0.128 e. The highest BCUT2D eigenvalue weighted by Crippen LogP contribution is 2.22. The van der Waals surface area contributed by atoms with Crippen LogP contribution in [0.5, 0.6) is 0 Å². The van der Waals surface area contributed by atoms with Gasteiger partial charge in [-0.15, -0.1) is 0 Å². The Balaban J connectivity index is 3.07. The largest absolute Gasteiger partial charge is 0.310 e. The number of aryl methyl sites for hydroxylation is 2. The van der Waals surface area contributed by atoms with Crippen molar-refractivity contribution in [1.82, 2.24) is 5.32 Å². The third-order valence-electron chi connectivity index (χ3n) is 2.42. The van der Waals surface area contributed by atoms with E-state index in [2.05, 4.69) is 5.32 Å². The quantitative estimate of drug-likeness (QED) is 0.781. The average Bonchev–Trinajstić information content (AvgIpc) is 2.01. The van der Waals surface area contributed by atoms with Gasteiger partial charge in [-0.2, -0.15) is 0 Å². The van der Waals surface area contributed by atoms with E-state index >= 15 is 0 Å². The minimum absolute atomic E-state index is 0.0839. The van der Waals surface area contributed by atoms with Gasteiger partial charge < -0.3 is 5.32 Å². The molecule has 0 heterocycles. The van der Waals surface area contributed by atoms with Gasteiger partial charge in [-0.3, -0.25) is 0 Å². The van der Waals surface area contributed by atoms with E-state index in [0.29, 0.717) is 0 Å². The zero-order valence-corrected chi connectivity index (χ0v) is 9.32. The van der Waals surface area contributed by atoms with Gasteiger partial charge >= 0.3 is 0 Å². The van der Waals surface area contributed by atoms with Crippen molar-refractivity contribution in [3.8, 4) is 0 Å². The first-order valence-electron chi connectivity index (χ1n) is 5.06. The molecule has 78 valence electrons. The van der Waals surface area contributed by atoms with Gasteiger partial charge in [-0.05, 0) is 44.5 Å². The summed E-state index contributed by atoms with van der Waals surface area (Å²) in [5.41, 5.74) is 2.79. The number of benzene rings is 1. The predicted octanol–water partition coefficient (Wildman–Crippen LogP) is 3.11. The molecule has 1 atom stereocenters. The van der Waals surface area contributed by atoms with Crippen LogP contribution >= 0.6 is 0 Å². The molecule has 1 aromatic carbocycles. The minimum atomic E-state index is -0.101. The second-order valence-electron chi connectivity index (χ2n) is 3.76. The van der Waals surface area contributed by atoms with Crippen molar-refractivity contribution in [2.75, 3.05) is 6.54 Å². The highest BCUT2D eigenvalue weighted by atomic mass is 19.1. The summed E-state index contributed by atoms with van der Waals surface area (Å²) in [6.45, 7) is 8.74. The van der Waals surface area contributed by atoms with Gasteiger partial charge in [0.1, 0.15) is 5.82 Å².